The maximum atomic E-state index is 13.3. The minimum absolute atomic E-state index is 0.461. The van der Waals surface area contributed by atoms with Gasteiger partial charge in [-0.05, 0) is 74.4 Å². The zero-order valence-corrected chi connectivity index (χ0v) is 15.3. The number of hydrogen-bond acceptors (Lipinski definition) is 1. The number of halogens is 3. The molecule has 3 aromatic rings. The van der Waals surface area contributed by atoms with Gasteiger partial charge in [0.15, 0.2) is 5.69 Å². The van der Waals surface area contributed by atoms with E-state index in [2.05, 4.69) is 12.0 Å². The Bertz CT molecular complexity index is 964. The van der Waals surface area contributed by atoms with E-state index in [1.807, 2.05) is 37.3 Å². The predicted octanol–water partition coefficient (Wildman–Crippen LogP) is 6.13. The molecule has 0 radical (unpaired) electrons. The van der Waals surface area contributed by atoms with E-state index < -0.39 is 11.9 Å². The fourth-order valence-corrected chi connectivity index (χ4v) is 3.29. The van der Waals surface area contributed by atoms with Crippen molar-refractivity contribution in [3.8, 4) is 16.9 Å². The standard InChI is InChI=1S/C22H21F3N2/c1-14-3-9-19(10-4-14)27-20(13-21(26-27)22(23,24)25)17-8-5-15(2)18(12-17)11-16-6-7-16/h3-5,8-10,12-13,16H,6-7,11H2,1-2H3. The van der Waals surface area contributed by atoms with E-state index >= 15 is 0 Å². The molecule has 1 aromatic heterocycles. The van der Waals surface area contributed by atoms with Gasteiger partial charge in [-0.3, -0.25) is 0 Å². The average molecular weight is 370 g/mol. The molecule has 1 aliphatic carbocycles. The van der Waals surface area contributed by atoms with E-state index in [4.69, 9.17) is 0 Å². The number of hydrogen-bond donors (Lipinski definition) is 0. The molecule has 27 heavy (non-hydrogen) atoms. The molecule has 4 rings (SSSR count). The summed E-state index contributed by atoms with van der Waals surface area (Å²) >= 11 is 0. The van der Waals surface area contributed by atoms with Crippen LogP contribution in [0.5, 0.6) is 0 Å². The van der Waals surface area contributed by atoms with Crippen molar-refractivity contribution < 1.29 is 13.2 Å². The summed E-state index contributed by atoms with van der Waals surface area (Å²) in [6, 6.07) is 14.4. The van der Waals surface area contributed by atoms with Gasteiger partial charge in [0.1, 0.15) is 0 Å². The second-order valence-corrected chi connectivity index (χ2v) is 7.45. The molecule has 1 fully saturated rings. The van der Waals surface area contributed by atoms with Crippen LogP contribution in [0.25, 0.3) is 16.9 Å². The van der Waals surface area contributed by atoms with Gasteiger partial charge < -0.3 is 0 Å². The highest BCUT2D eigenvalue weighted by Crippen LogP contribution is 2.36. The van der Waals surface area contributed by atoms with Crippen molar-refractivity contribution in [2.45, 2.75) is 39.3 Å². The molecule has 1 aliphatic rings. The normalized spacial score (nSPS) is 14.6. The second kappa shape index (κ2) is 6.55. The average Bonchev–Trinajstić information content (AvgIpc) is 3.31. The minimum Gasteiger partial charge on any atom is -0.233 e. The molecule has 0 aliphatic heterocycles. The number of benzene rings is 2. The molecule has 0 bridgehead atoms. The lowest BCUT2D eigenvalue weighted by molar-refractivity contribution is -0.141. The third-order valence-electron chi connectivity index (χ3n) is 5.13. The maximum Gasteiger partial charge on any atom is 0.435 e. The summed E-state index contributed by atoms with van der Waals surface area (Å²) in [5.74, 6) is 0.715. The fraction of sp³-hybridized carbons (Fsp3) is 0.318. The van der Waals surface area contributed by atoms with Gasteiger partial charge in [0.05, 0.1) is 11.4 Å². The van der Waals surface area contributed by atoms with Crippen LogP contribution in [0.2, 0.25) is 0 Å². The van der Waals surface area contributed by atoms with Crippen LogP contribution in [0, 0.1) is 19.8 Å². The largest absolute Gasteiger partial charge is 0.435 e. The Morgan fingerprint density at radius 2 is 1.70 bits per heavy atom. The van der Waals surface area contributed by atoms with Crippen molar-refractivity contribution in [1.82, 2.24) is 9.78 Å². The van der Waals surface area contributed by atoms with Gasteiger partial charge in [0.25, 0.3) is 0 Å². The first-order valence-corrected chi connectivity index (χ1v) is 9.15. The summed E-state index contributed by atoms with van der Waals surface area (Å²) in [7, 11) is 0. The quantitative estimate of drug-likeness (QED) is 0.540. The SMILES string of the molecule is Cc1ccc(-n2nc(C(F)(F)F)cc2-c2ccc(C)c(CC3CC3)c2)cc1. The number of aryl methyl sites for hydroxylation is 2. The van der Waals surface area contributed by atoms with Crippen LogP contribution in [0.4, 0.5) is 13.2 Å². The molecular formula is C22H21F3N2. The van der Waals surface area contributed by atoms with Crippen LogP contribution < -0.4 is 0 Å². The number of rotatable bonds is 4. The molecular weight excluding hydrogens is 349 g/mol. The highest BCUT2D eigenvalue weighted by atomic mass is 19.4. The minimum atomic E-state index is -4.48. The van der Waals surface area contributed by atoms with Crippen molar-refractivity contribution in [2.24, 2.45) is 5.92 Å². The lowest BCUT2D eigenvalue weighted by atomic mass is 9.98. The van der Waals surface area contributed by atoms with Crippen LogP contribution in [-0.4, -0.2) is 9.78 Å². The van der Waals surface area contributed by atoms with Crippen LogP contribution in [0.15, 0.2) is 48.5 Å². The Morgan fingerprint density at radius 1 is 1.00 bits per heavy atom. The summed E-state index contributed by atoms with van der Waals surface area (Å²) in [4.78, 5) is 0. The van der Waals surface area contributed by atoms with Crippen LogP contribution in [0.1, 0.15) is 35.2 Å². The van der Waals surface area contributed by atoms with Crippen LogP contribution in [0.3, 0.4) is 0 Å². The lowest BCUT2D eigenvalue weighted by Gasteiger charge is -2.11. The Hall–Kier alpha value is -2.56. The van der Waals surface area contributed by atoms with E-state index in [1.165, 1.54) is 28.7 Å². The van der Waals surface area contributed by atoms with Crippen molar-refractivity contribution in [1.29, 1.82) is 0 Å². The topological polar surface area (TPSA) is 17.8 Å². The molecule has 5 heteroatoms. The molecule has 1 heterocycles. The first-order chi connectivity index (χ1) is 12.8. The molecule has 140 valence electrons. The second-order valence-electron chi connectivity index (χ2n) is 7.45. The summed E-state index contributed by atoms with van der Waals surface area (Å²) < 4.78 is 41.4. The Kier molecular flexibility index (Phi) is 4.33. The zero-order valence-electron chi connectivity index (χ0n) is 15.3. The van der Waals surface area contributed by atoms with Gasteiger partial charge in [-0.2, -0.15) is 18.3 Å². The third-order valence-corrected chi connectivity index (χ3v) is 5.13. The molecule has 2 nitrogen and oxygen atoms in total. The molecule has 0 atom stereocenters. The number of alkyl halides is 3. The van der Waals surface area contributed by atoms with Gasteiger partial charge in [-0.1, -0.05) is 29.8 Å². The zero-order chi connectivity index (χ0) is 19.2. The van der Waals surface area contributed by atoms with Crippen molar-refractivity contribution >= 4 is 0 Å². The van der Waals surface area contributed by atoms with Crippen molar-refractivity contribution in [2.75, 3.05) is 0 Å². The van der Waals surface area contributed by atoms with E-state index in [0.29, 0.717) is 17.3 Å². The molecule has 0 spiro atoms. The van der Waals surface area contributed by atoms with E-state index in [-0.39, 0.29) is 0 Å². The molecule has 0 unspecified atom stereocenters. The molecule has 0 saturated heterocycles. The van der Waals surface area contributed by atoms with E-state index in [0.717, 1.165) is 23.6 Å². The van der Waals surface area contributed by atoms with Crippen LogP contribution in [-0.2, 0) is 12.6 Å². The Balaban J connectivity index is 1.83. The molecule has 2 aromatic carbocycles. The lowest BCUT2D eigenvalue weighted by Crippen LogP contribution is -2.07. The monoisotopic (exact) mass is 370 g/mol. The van der Waals surface area contributed by atoms with E-state index in [1.54, 1.807) is 12.1 Å². The van der Waals surface area contributed by atoms with Gasteiger partial charge in [-0.25, -0.2) is 4.68 Å². The summed E-state index contributed by atoms with van der Waals surface area (Å²) in [5, 5.41) is 3.87. The van der Waals surface area contributed by atoms with Crippen LogP contribution >= 0.6 is 0 Å². The number of nitrogens with zero attached hydrogens (tertiary/aromatic N) is 2. The molecule has 0 amide bonds. The predicted molar refractivity (Wildman–Crippen MR) is 99.9 cm³/mol. The van der Waals surface area contributed by atoms with E-state index in [9.17, 15) is 13.2 Å². The smallest absolute Gasteiger partial charge is 0.233 e. The third kappa shape index (κ3) is 3.77. The Morgan fingerprint density at radius 3 is 2.33 bits per heavy atom. The van der Waals surface area contributed by atoms with Gasteiger partial charge >= 0.3 is 6.18 Å². The first kappa shape index (κ1) is 17.8. The van der Waals surface area contributed by atoms with Gasteiger partial charge in [0, 0.05) is 5.56 Å². The van der Waals surface area contributed by atoms with Crippen molar-refractivity contribution in [3.05, 3.63) is 70.9 Å². The van der Waals surface area contributed by atoms with Gasteiger partial charge in [0.2, 0.25) is 0 Å². The fourth-order valence-electron chi connectivity index (χ4n) is 3.29. The summed E-state index contributed by atoms with van der Waals surface area (Å²) in [6.45, 7) is 4.00. The molecule has 0 N–H and O–H groups in total. The van der Waals surface area contributed by atoms with Crippen molar-refractivity contribution in [3.63, 3.8) is 0 Å². The van der Waals surface area contributed by atoms with Gasteiger partial charge in [-0.15, -0.1) is 0 Å². The first-order valence-electron chi connectivity index (χ1n) is 9.15. The summed E-state index contributed by atoms with van der Waals surface area (Å²) in [6.07, 6.45) is -1.01. The maximum absolute atomic E-state index is 13.3. The molecule has 1 saturated carbocycles. The Labute approximate surface area is 156 Å². The number of aromatic nitrogens is 2. The highest BCUT2D eigenvalue weighted by molar-refractivity contribution is 5.64. The summed E-state index contributed by atoms with van der Waals surface area (Å²) in [5.41, 5.74) is 4.41. The highest BCUT2D eigenvalue weighted by Gasteiger charge is 2.35.